The quantitative estimate of drug-likeness (QED) is 0.776. The third-order valence-electron chi connectivity index (χ3n) is 1.48. The van der Waals surface area contributed by atoms with Gasteiger partial charge in [-0.15, -0.1) is 0 Å². The van der Waals surface area contributed by atoms with Gasteiger partial charge in [-0.1, -0.05) is 0 Å². The smallest absolute Gasteiger partial charge is 0.268 e. The average molecular weight is 341 g/mol. The zero-order chi connectivity index (χ0) is 11.6. The van der Waals surface area contributed by atoms with Crippen molar-refractivity contribution < 1.29 is 18.3 Å². The molecule has 0 aliphatic heterocycles. The first kappa shape index (κ1) is 12.2. The van der Waals surface area contributed by atoms with Crippen LogP contribution in [0.15, 0.2) is 18.2 Å². The van der Waals surface area contributed by atoms with E-state index in [0.29, 0.717) is 0 Å². The van der Waals surface area contributed by atoms with Gasteiger partial charge in [0.05, 0.1) is 11.8 Å². The van der Waals surface area contributed by atoms with E-state index in [4.69, 9.17) is 0 Å². The second-order valence-electron chi connectivity index (χ2n) is 2.86. The van der Waals surface area contributed by atoms with Crippen molar-refractivity contribution in [1.82, 2.24) is 4.72 Å². The van der Waals surface area contributed by atoms with Crippen LogP contribution < -0.4 is 4.72 Å². The Hall–Kier alpha value is -0.830. The number of aromatic hydroxyl groups is 1. The van der Waals surface area contributed by atoms with E-state index in [1.165, 1.54) is 12.1 Å². The number of sulfonamides is 1. The Kier molecular flexibility index (Phi) is 3.55. The van der Waals surface area contributed by atoms with Crippen LogP contribution in [-0.4, -0.2) is 25.7 Å². The number of carbonyl (C=O) groups is 1. The van der Waals surface area contributed by atoms with E-state index < -0.39 is 15.9 Å². The second-order valence-corrected chi connectivity index (χ2v) is 5.86. The molecule has 1 rings (SSSR count). The van der Waals surface area contributed by atoms with Gasteiger partial charge in [0.15, 0.2) is 0 Å². The van der Waals surface area contributed by atoms with E-state index >= 15 is 0 Å². The van der Waals surface area contributed by atoms with Gasteiger partial charge >= 0.3 is 0 Å². The van der Waals surface area contributed by atoms with Crippen molar-refractivity contribution in [3.05, 3.63) is 27.3 Å². The van der Waals surface area contributed by atoms with Crippen LogP contribution in [0.5, 0.6) is 5.75 Å². The molecule has 0 aliphatic rings. The van der Waals surface area contributed by atoms with Gasteiger partial charge in [-0.3, -0.25) is 4.79 Å². The van der Waals surface area contributed by atoms with Crippen molar-refractivity contribution >= 4 is 38.5 Å². The highest BCUT2D eigenvalue weighted by molar-refractivity contribution is 14.1. The summed E-state index contributed by atoms with van der Waals surface area (Å²) in [6, 6.07) is 4.34. The van der Waals surface area contributed by atoms with E-state index in [9.17, 15) is 18.3 Å². The molecule has 0 saturated carbocycles. The van der Waals surface area contributed by atoms with Crippen LogP contribution in [-0.2, 0) is 10.0 Å². The molecule has 0 bridgehead atoms. The molecule has 0 saturated heterocycles. The van der Waals surface area contributed by atoms with Gasteiger partial charge < -0.3 is 5.11 Å². The third-order valence-corrected chi connectivity index (χ3v) is 2.71. The summed E-state index contributed by atoms with van der Waals surface area (Å²) in [5, 5.41) is 9.34. The SMILES string of the molecule is CS(=O)(=O)NC(=O)c1cc(I)ccc1O. The van der Waals surface area contributed by atoms with Crippen molar-refractivity contribution in [2.45, 2.75) is 0 Å². The fourth-order valence-electron chi connectivity index (χ4n) is 0.913. The molecule has 15 heavy (non-hydrogen) atoms. The van der Waals surface area contributed by atoms with Gasteiger partial charge in [0.1, 0.15) is 5.75 Å². The summed E-state index contributed by atoms with van der Waals surface area (Å²) in [5.74, 6) is -1.09. The van der Waals surface area contributed by atoms with Gasteiger partial charge in [-0.25, -0.2) is 13.1 Å². The predicted octanol–water partition coefficient (Wildman–Crippen LogP) is 0.686. The first-order valence-electron chi connectivity index (χ1n) is 3.80. The summed E-state index contributed by atoms with van der Waals surface area (Å²) in [7, 11) is -3.61. The molecule has 0 fully saturated rings. The minimum atomic E-state index is -3.61. The largest absolute Gasteiger partial charge is 0.507 e. The predicted molar refractivity (Wildman–Crippen MR) is 63.1 cm³/mol. The number of benzene rings is 1. The molecule has 5 nitrogen and oxygen atoms in total. The third kappa shape index (κ3) is 3.67. The summed E-state index contributed by atoms with van der Waals surface area (Å²) in [5.41, 5.74) is -0.0627. The lowest BCUT2D eigenvalue weighted by atomic mass is 10.2. The molecule has 0 aromatic heterocycles. The Bertz CT molecular complexity index is 497. The van der Waals surface area contributed by atoms with Crippen LogP contribution in [0, 0.1) is 3.57 Å². The Labute approximate surface area is 101 Å². The lowest BCUT2D eigenvalue weighted by Gasteiger charge is -2.05. The summed E-state index contributed by atoms with van der Waals surface area (Å²) < 4.78 is 24.1. The molecule has 1 aromatic carbocycles. The number of phenols is 1. The number of halogens is 1. The molecule has 0 heterocycles. The number of rotatable bonds is 2. The Balaban J connectivity index is 3.06. The standard InChI is InChI=1S/C8H8INO4S/c1-15(13,14)10-8(12)6-4-5(9)2-3-7(6)11/h2-4,11H,1H3,(H,10,12). The zero-order valence-corrected chi connectivity index (χ0v) is 10.7. The highest BCUT2D eigenvalue weighted by atomic mass is 127. The summed E-state index contributed by atoms with van der Waals surface area (Å²) in [6.07, 6.45) is 0.871. The molecule has 1 amide bonds. The number of carbonyl (C=O) groups excluding carboxylic acids is 1. The fourth-order valence-corrected chi connectivity index (χ4v) is 1.85. The Morgan fingerprint density at radius 3 is 2.60 bits per heavy atom. The minimum Gasteiger partial charge on any atom is -0.507 e. The van der Waals surface area contributed by atoms with Crippen LogP contribution in [0.4, 0.5) is 0 Å². The van der Waals surface area contributed by atoms with E-state index in [0.717, 1.165) is 9.83 Å². The van der Waals surface area contributed by atoms with Gasteiger partial charge in [0, 0.05) is 3.57 Å². The Morgan fingerprint density at radius 1 is 1.47 bits per heavy atom. The molecule has 0 radical (unpaired) electrons. The molecular formula is C8H8INO4S. The second kappa shape index (κ2) is 4.35. The highest BCUT2D eigenvalue weighted by Crippen LogP contribution is 2.19. The topological polar surface area (TPSA) is 83.5 Å². The number of hydrogen-bond acceptors (Lipinski definition) is 4. The van der Waals surface area contributed by atoms with Crippen LogP contribution in [0.1, 0.15) is 10.4 Å². The van der Waals surface area contributed by atoms with Gasteiger partial charge in [-0.2, -0.15) is 0 Å². The highest BCUT2D eigenvalue weighted by Gasteiger charge is 2.15. The number of nitrogens with one attached hydrogen (secondary N) is 1. The summed E-state index contributed by atoms with van der Waals surface area (Å²) in [6.45, 7) is 0. The maximum absolute atomic E-state index is 11.4. The van der Waals surface area contributed by atoms with E-state index in [1.54, 1.807) is 10.8 Å². The first-order valence-corrected chi connectivity index (χ1v) is 6.77. The van der Waals surface area contributed by atoms with Crippen molar-refractivity contribution in [1.29, 1.82) is 0 Å². The monoisotopic (exact) mass is 341 g/mol. The molecule has 0 atom stereocenters. The van der Waals surface area contributed by atoms with Crippen molar-refractivity contribution in [2.75, 3.05) is 6.26 Å². The molecular weight excluding hydrogens is 333 g/mol. The number of phenolic OH excluding ortho intramolecular Hbond substituents is 1. The molecule has 0 aliphatic carbocycles. The maximum Gasteiger partial charge on any atom is 0.268 e. The molecule has 1 aromatic rings. The molecule has 7 heteroatoms. The molecule has 0 spiro atoms. The lowest BCUT2D eigenvalue weighted by Crippen LogP contribution is -2.29. The fraction of sp³-hybridized carbons (Fsp3) is 0.125. The summed E-state index contributed by atoms with van der Waals surface area (Å²) >= 11 is 1.95. The molecule has 2 N–H and O–H groups in total. The van der Waals surface area contributed by atoms with Crippen molar-refractivity contribution in [2.24, 2.45) is 0 Å². The summed E-state index contributed by atoms with van der Waals surface area (Å²) in [4.78, 5) is 11.4. The van der Waals surface area contributed by atoms with Crippen LogP contribution in [0.25, 0.3) is 0 Å². The van der Waals surface area contributed by atoms with E-state index in [1.807, 2.05) is 22.6 Å². The average Bonchev–Trinajstić information content (AvgIpc) is 2.06. The maximum atomic E-state index is 11.4. The van der Waals surface area contributed by atoms with Crippen molar-refractivity contribution in [3.8, 4) is 5.75 Å². The zero-order valence-electron chi connectivity index (χ0n) is 7.69. The molecule has 82 valence electrons. The van der Waals surface area contributed by atoms with Crippen molar-refractivity contribution in [3.63, 3.8) is 0 Å². The van der Waals surface area contributed by atoms with Crippen LogP contribution >= 0.6 is 22.6 Å². The molecule has 0 unspecified atom stereocenters. The number of amides is 1. The Morgan fingerprint density at radius 2 is 2.07 bits per heavy atom. The van der Waals surface area contributed by atoms with Crippen LogP contribution in [0.3, 0.4) is 0 Å². The van der Waals surface area contributed by atoms with Crippen LogP contribution in [0.2, 0.25) is 0 Å². The van der Waals surface area contributed by atoms with E-state index in [-0.39, 0.29) is 11.3 Å². The van der Waals surface area contributed by atoms with Gasteiger partial charge in [0.2, 0.25) is 10.0 Å². The first-order chi connectivity index (χ1) is 6.79. The number of hydrogen-bond donors (Lipinski definition) is 2. The van der Waals surface area contributed by atoms with Gasteiger partial charge in [0.25, 0.3) is 5.91 Å². The minimum absolute atomic E-state index is 0.0627. The lowest BCUT2D eigenvalue weighted by molar-refractivity contribution is 0.0979. The van der Waals surface area contributed by atoms with E-state index in [2.05, 4.69) is 0 Å². The van der Waals surface area contributed by atoms with Gasteiger partial charge in [-0.05, 0) is 40.8 Å². The normalized spacial score (nSPS) is 11.1.